The van der Waals surface area contributed by atoms with Gasteiger partial charge in [-0.3, -0.25) is 10.1 Å². The van der Waals surface area contributed by atoms with Crippen molar-refractivity contribution in [1.29, 1.82) is 0 Å². The zero-order valence-corrected chi connectivity index (χ0v) is 18.3. The summed E-state index contributed by atoms with van der Waals surface area (Å²) in [5, 5.41) is 8.96. The van der Waals surface area contributed by atoms with Gasteiger partial charge >= 0.3 is 6.09 Å². The van der Waals surface area contributed by atoms with Crippen LogP contribution < -0.4 is 20.7 Å². The zero-order chi connectivity index (χ0) is 22.2. The molecule has 2 aromatic carbocycles. The van der Waals surface area contributed by atoms with Crippen molar-refractivity contribution in [3.63, 3.8) is 0 Å². The number of methoxy groups -OCH3 is 1. The fourth-order valence-electron chi connectivity index (χ4n) is 3.22. The lowest BCUT2D eigenvalue weighted by atomic mass is 10.0. The maximum absolute atomic E-state index is 12.6. The molecule has 3 N–H and O–H groups in total. The maximum Gasteiger partial charge on any atom is 0.411 e. The molecule has 1 aliphatic rings. The number of benzene rings is 2. The van der Waals surface area contributed by atoms with E-state index in [0.29, 0.717) is 18.2 Å². The van der Waals surface area contributed by atoms with Crippen LogP contribution in [-0.2, 0) is 9.53 Å². The van der Waals surface area contributed by atoms with Crippen molar-refractivity contribution in [1.82, 2.24) is 5.32 Å². The number of rotatable bonds is 10. The van der Waals surface area contributed by atoms with Gasteiger partial charge < -0.3 is 20.1 Å². The molecule has 3 rings (SSSR count). The highest BCUT2D eigenvalue weighted by Gasteiger charge is 2.33. The Labute approximate surface area is 183 Å². The van der Waals surface area contributed by atoms with Crippen molar-refractivity contribution in [2.45, 2.75) is 32.7 Å². The van der Waals surface area contributed by atoms with Crippen LogP contribution in [0.2, 0.25) is 0 Å². The minimum absolute atomic E-state index is 0.00364. The molecule has 0 saturated heterocycles. The highest BCUT2D eigenvalue weighted by atomic mass is 16.5. The molecule has 0 aliphatic heterocycles. The topological polar surface area (TPSA) is 88.7 Å². The number of hydrogen-bond donors (Lipinski definition) is 3. The lowest BCUT2D eigenvalue weighted by Crippen LogP contribution is -2.34. The van der Waals surface area contributed by atoms with Crippen molar-refractivity contribution < 1.29 is 19.1 Å². The molecule has 1 fully saturated rings. The Morgan fingerprint density at radius 3 is 2.42 bits per heavy atom. The van der Waals surface area contributed by atoms with Gasteiger partial charge in [0.2, 0.25) is 5.91 Å². The van der Waals surface area contributed by atoms with E-state index in [1.807, 2.05) is 50.2 Å². The fourth-order valence-corrected chi connectivity index (χ4v) is 3.22. The predicted octanol–water partition coefficient (Wildman–Crippen LogP) is 4.58. The molecular weight excluding hydrogens is 394 g/mol. The highest BCUT2D eigenvalue weighted by molar-refractivity contribution is 5.86. The smallest absolute Gasteiger partial charge is 0.411 e. The van der Waals surface area contributed by atoms with E-state index in [-0.39, 0.29) is 24.4 Å². The van der Waals surface area contributed by atoms with Gasteiger partial charge in [-0.05, 0) is 60.6 Å². The third-order valence-electron chi connectivity index (χ3n) is 4.99. The van der Waals surface area contributed by atoms with E-state index in [9.17, 15) is 9.59 Å². The van der Waals surface area contributed by atoms with Crippen LogP contribution in [0.4, 0.5) is 16.2 Å². The average molecular weight is 426 g/mol. The van der Waals surface area contributed by atoms with E-state index in [0.717, 1.165) is 29.8 Å². The molecule has 31 heavy (non-hydrogen) atoms. The summed E-state index contributed by atoms with van der Waals surface area (Å²) in [5.41, 5.74) is 2.43. The van der Waals surface area contributed by atoms with Crippen molar-refractivity contribution in [2.75, 3.05) is 30.9 Å². The Kier molecular flexibility index (Phi) is 7.76. The van der Waals surface area contributed by atoms with Crippen LogP contribution in [0.15, 0.2) is 48.5 Å². The number of nitrogens with one attached hydrogen (secondary N) is 3. The molecule has 7 heteroatoms. The molecule has 0 aromatic heterocycles. The first-order chi connectivity index (χ1) is 14.9. The van der Waals surface area contributed by atoms with Gasteiger partial charge in [0, 0.05) is 11.4 Å². The zero-order valence-electron chi connectivity index (χ0n) is 18.3. The number of carbonyl (C=O) groups is 2. The van der Waals surface area contributed by atoms with E-state index in [2.05, 4.69) is 16.0 Å². The van der Waals surface area contributed by atoms with Gasteiger partial charge in [-0.25, -0.2) is 4.79 Å². The van der Waals surface area contributed by atoms with Crippen molar-refractivity contribution in [3.05, 3.63) is 54.1 Å². The monoisotopic (exact) mass is 425 g/mol. The molecule has 2 amide bonds. The lowest BCUT2D eigenvalue weighted by Gasteiger charge is -2.19. The van der Waals surface area contributed by atoms with E-state index in [1.165, 1.54) is 0 Å². The Morgan fingerprint density at radius 2 is 1.77 bits per heavy atom. The second kappa shape index (κ2) is 10.7. The summed E-state index contributed by atoms with van der Waals surface area (Å²) in [5.74, 6) is 1.46. The highest BCUT2D eigenvalue weighted by Crippen LogP contribution is 2.41. The van der Waals surface area contributed by atoms with E-state index in [1.54, 1.807) is 19.2 Å². The van der Waals surface area contributed by atoms with Gasteiger partial charge in [-0.2, -0.15) is 0 Å². The van der Waals surface area contributed by atoms with Crippen LogP contribution in [0.25, 0.3) is 0 Å². The summed E-state index contributed by atoms with van der Waals surface area (Å²) < 4.78 is 10.4. The molecule has 1 atom stereocenters. The van der Waals surface area contributed by atoms with Crippen molar-refractivity contribution in [3.8, 4) is 5.75 Å². The van der Waals surface area contributed by atoms with Crippen LogP contribution >= 0.6 is 0 Å². The van der Waals surface area contributed by atoms with Crippen molar-refractivity contribution >= 4 is 23.4 Å². The number of ether oxygens (including phenoxy) is 2. The van der Waals surface area contributed by atoms with Crippen LogP contribution in [0.5, 0.6) is 5.75 Å². The van der Waals surface area contributed by atoms with Crippen LogP contribution in [0.3, 0.4) is 0 Å². The molecule has 1 aliphatic carbocycles. The van der Waals surface area contributed by atoms with Crippen LogP contribution in [-0.4, -0.2) is 32.3 Å². The van der Waals surface area contributed by atoms with Crippen LogP contribution in [0, 0.1) is 11.8 Å². The molecule has 2 aromatic rings. The number of anilines is 2. The number of amides is 2. The third kappa shape index (κ3) is 7.20. The molecule has 0 bridgehead atoms. The number of hydrogen-bond acceptors (Lipinski definition) is 5. The normalized spacial score (nSPS) is 13.9. The standard InChI is InChI=1S/C24H31N3O4/c1-16(2)15-31-24(29)26-20-6-4-5-19(13-20)25-14-22(28)27-23(17-7-8-17)18-9-11-21(30-3)12-10-18/h4-6,9-13,16-17,23,25H,7-8,14-15H2,1-3H3,(H,26,29)(H,27,28). The first-order valence-electron chi connectivity index (χ1n) is 10.7. The average Bonchev–Trinajstić information content (AvgIpc) is 3.60. The van der Waals surface area contributed by atoms with Gasteiger partial charge in [0.15, 0.2) is 0 Å². The van der Waals surface area contributed by atoms with E-state index < -0.39 is 6.09 Å². The van der Waals surface area contributed by atoms with Gasteiger partial charge in [-0.1, -0.05) is 32.0 Å². The Morgan fingerprint density at radius 1 is 1.06 bits per heavy atom. The first kappa shape index (κ1) is 22.5. The Hall–Kier alpha value is -3.22. The first-order valence-corrected chi connectivity index (χ1v) is 10.7. The molecule has 7 nitrogen and oxygen atoms in total. The summed E-state index contributed by atoms with van der Waals surface area (Å²) in [7, 11) is 1.64. The lowest BCUT2D eigenvalue weighted by molar-refractivity contribution is -0.120. The summed E-state index contributed by atoms with van der Waals surface area (Å²) in [6.45, 7) is 4.46. The van der Waals surface area contributed by atoms with Gasteiger partial charge in [0.05, 0.1) is 26.3 Å². The van der Waals surface area contributed by atoms with Crippen molar-refractivity contribution in [2.24, 2.45) is 11.8 Å². The van der Waals surface area contributed by atoms with Gasteiger partial charge in [0.1, 0.15) is 5.75 Å². The quantitative estimate of drug-likeness (QED) is 0.519. The Bertz CT molecular complexity index is 879. The van der Waals surface area contributed by atoms with Gasteiger partial charge in [0.25, 0.3) is 0 Å². The van der Waals surface area contributed by atoms with Crippen LogP contribution in [0.1, 0.15) is 38.3 Å². The molecule has 0 spiro atoms. The summed E-state index contributed by atoms with van der Waals surface area (Å²) >= 11 is 0. The van der Waals surface area contributed by atoms with Gasteiger partial charge in [-0.15, -0.1) is 0 Å². The Balaban J connectivity index is 1.52. The molecule has 0 radical (unpaired) electrons. The summed E-state index contributed by atoms with van der Waals surface area (Å²) in [6.07, 6.45) is 1.74. The van der Waals surface area contributed by atoms with E-state index in [4.69, 9.17) is 9.47 Å². The van der Waals surface area contributed by atoms with E-state index >= 15 is 0 Å². The molecule has 166 valence electrons. The predicted molar refractivity (Wildman–Crippen MR) is 121 cm³/mol. The fraction of sp³-hybridized carbons (Fsp3) is 0.417. The SMILES string of the molecule is COc1ccc(C(NC(=O)CNc2cccc(NC(=O)OCC(C)C)c2)C2CC2)cc1. The minimum Gasteiger partial charge on any atom is -0.497 e. The molecule has 0 heterocycles. The summed E-state index contributed by atoms with van der Waals surface area (Å²) in [6, 6.07) is 15.0. The maximum atomic E-state index is 12.6. The molecule has 1 unspecified atom stereocenters. The second-order valence-electron chi connectivity index (χ2n) is 8.21. The second-order valence-corrected chi connectivity index (χ2v) is 8.21. The minimum atomic E-state index is -0.490. The summed E-state index contributed by atoms with van der Waals surface area (Å²) in [4.78, 5) is 24.4. The number of carbonyl (C=O) groups excluding carboxylic acids is 2. The molecule has 1 saturated carbocycles. The third-order valence-corrected chi connectivity index (χ3v) is 4.99. The molecular formula is C24H31N3O4. The largest absolute Gasteiger partial charge is 0.497 e.